The third-order valence-corrected chi connectivity index (χ3v) is 2.67. The topological polar surface area (TPSA) is 51.5 Å². The first-order valence-electron chi connectivity index (χ1n) is 5.69. The van der Waals surface area contributed by atoms with E-state index in [-0.39, 0.29) is 12.0 Å². The van der Waals surface area contributed by atoms with Gasteiger partial charge in [-0.3, -0.25) is 0 Å². The molecule has 0 spiro atoms. The van der Waals surface area contributed by atoms with Gasteiger partial charge in [0, 0.05) is 5.69 Å². The molecule has 0 saturated heterocycles. The lowest BCUT2D eigenvalue weighted by atomic mass is 10.1. The highest BCUT2D eigenvalue weighted by Gasteiger charge is 2.14. The molecule has 0 aliphatic heterocycles. The molecule has 4 nitrogen and oxygen atoms in total. The van der Waals surface area contributed by atoms with Crippen LogP contribution in [0.4, 0.5) is 5.69 Å². The number of para-hydroxylation sites is 1. The van der Waals surface area contributed by atoms with Crippen molar-refractivity contribution in [1.82, 2.24) is 0 Å². The number of hydrogen-bond acceptors (Lipinski definition) is 4. The molecule has 4 heteroatoms. The van der Waals surface area contributed by atoms with Gasteiger partial charge in [-0.2, -0.15) is 0 Å². The van der Waals surface area contributed by atoms with Crippen LogP contribution in [0.15, 0.2) is 47.1 Å². The molecule has 0 radical (unpaired) electrons. The molecule has 94 valence electrons. The minimum Gasteiger partial charge on any atom is -0.467 e. The second-order valence-corrected chi connectivity index (χ2v) is 3.92. The van der Waals surface area contributed by atoms with Gasteiger partial charge in [0.2, 0.25) is 0 Å². The number of ether oxygens (including phenoxy) is 1. The average molecular weight is 245 g/mol. The molecule has 0 aliphatic carbocycles. The number of methoxy groups -OCH3 is 1. The predicted octanol–water partition coefficient (Wildman–Crippen LogP) is 3.24. The fraction of sp³-hybridized carbons (Fsp3) is 0.214. The van der Waals surface area contributed by atoms with Crippen molar-refractivity contribution in [2.24, 2.45) is 0 Å². The van der Waals surface area contributed by atoms with Crippen molar-refractivity contribution in [3.63, 3.8) is 0 Å². The normalized spacial score (nSPS) is 11.9. The molecule has 2 aromatic rings. The molecule has 0 saturated carbocycles. The van der Waals surface area contributed by atoms with E-state index in [0.717, 1.165) is 11.4 Å². The number of benzene rings is 1. The van der Waals surface area contributed by atoms with E-state index in [1.165, 1.54) is 7.11 Å². The maximum absolute atomic E-state index is 11.6. The van der Waals surface area contributed by atoms with E-state index in [0.29, 0.717) is 5.56 Å². The summed E-state index contributed by atoms with van der Waals surface area (Å²) in [6.45, 7) is 1.97. The summed E-state index contributed by atoms with van der Waals surface area (Å²) in [7, 11) is 1.37. The van der Waals surface area contributed by atoms with E-state index in [2.05, 4.69) is 5.32 Å². The van der Waals surface area contributed by atoms with Crippen LogP contribution in [0, 0.1) is 0 Å². The summed E-state index contributed by atoms with van der Waals surface area (Å²) in [6, 6.07) is 10.9. The Morgan fingerprint density at radius 3 is 2.72 bits per heavy atom. The van der Waals surface area contributed by atoms with Crippen LogP contribution in [0.25, 0.3) is 0 Å². The summed E-state index contributed by atoms with van der Waals surface area (Å²) in [5.74, 6) is 0.458. The van der Waals surface area contributed by atoms with Crippen LogP contribution in [-0.2, 0) is 4.74 Å². The average Bonchev–Trinajstić information content (AvgIpc) is 2.92. The van der Waals surface area contributed by atoms with Gasteiger partial charge in [0.25, 0.3) is 0 Å². The summed E-state index contributed by atoms with van der Waals surface area (Å²) in [6.07, 6.45) is 1.62. The summed E-state index contributed by atoms with van der Waals surface area (Å²) in [4.78, 5) is 11.6. The first-order valence-corrected chi connectivity index (χ1v) is 5.69. The van der Waals surface area contributed by atoms with E-state index in [1.807, 2.05) is 31.2 Å². The van der Waals surface area contributed by atoms with E-state index >= 15 is 0 Å². The number of esters is 1. The minimum absolute atomic E-state index is 0.0224. The summed E-state index contributed by atoms with van der Waals surface area (Å²) in [5.41, 5.74) is 1.24. The third-order valence-electron chi connectivity index (χ3n) is 2.67. The van der Waals surface area contributed by atoms with E-state index < -0.39 is 0 Å². The molecule has 1 N–H and O–H groups in total. The van der Waals surface area contributed by atoms with Crippen molar-refractivity contribution in [2.75, 3.05) is 12.4 Å². The van der Waals surface area contributed by atoms with Gasteiger partial charge in [0.1, 0.15) is 5.76 Å². The molecule has 1 heterocycles. The molecule has 1 unspecified atom stereocenters. The fourth-order valence-corrected chi connectivity index (χ4v) is 1.74. The molecular weight excluding hydrogens is 230 g/mol. The van der Waals surface area contributed by atoms with E-state index in [9.17, 15) is 4.79 Å². The molecular formula is C14H15NO3. The highest BCUT2D eigenvalue weighted by Crippen LogP contribution is 2.23. The Hall–Kier alpha value is -2.23. The molecule has 1 aromatic carbocycles. The Bertz CT molecular complexity index is 520. The Balaban J connectivity index is 2.21. The van der Waals surface area contributed by atoms with Crippen molar-refractivity contribution >= 4 is 11.7 Å². The SMILES string of the molecule is COC(=O)c1ccccc1NC(C)c1ccco1. The highest BCUT2D eigenvalue weighted by molar-refractivity contribution is 5.95. The van der Waals surface area contributed by atoms with Crippen LogP contribution in [-0.4, -0.2) is 13.1 Å². The summed E-state index contributed by atoms with van der Waals surface area (Å²) in [5, 5.41) is 3.23. The van der Waals surface area contributed by atoms with Gasteiger partial charge in [0.15, 0.2) is 0 Å². The Labute approximate surface area is 106 Å². The summed E-state index contributed by atoms with van der Waals surface area (Å²) < 4.78 is 10.1. The lowest BCUT2D eigenvalue weighted by molar-refractivity contribution is 0.0602. The monoisotopic (exact) mass is 245 g/mol. The Morgan fingerprint density at radius 1 is 1.28 bits per heavy atom. The number of nitrogens with one attached hydrogen (secondary N) is 1. The first kappa shape index (κ1) is 12.2. The maximum Gasteiger partial charge on any atom is 0.339 e. The maximum atomic E-state index is 11.6. The lowest BCUT2D eigenvalue weighted by Crippen LogP contribution is -2.11. The molecule has 0 aliphatic rings. The van der Waals surface area contributed by atoms with Crippen LogP contribution >= 0.6 is 0 Å². The Morgan fingerprint density at radius 2 is 2.06 bits per heavy atom. The van der Waals surface area contributed by atoms with Gasteiger partial charge in [-0.05, 0) is 31.2 Å². The smallest absolute Gasteiger partial charge is 0.339 e. The van der Waals surface area contributed by atoms with Crippen LogP contribution < -0.4 is 5.32 Å². The molecule has 0 bridgehead atoms. The van der Waals surface area contributed by atoms with Crippen molar-refractivity contribution in [1.29, 1.82) is 0 Å². The van der Waals surface area contributed by atoms with Gasteiger partial charge in [-0.15, -0.1) is 0 Å². The lowest BCUT2D eigenvalue weighted by Gasteiger charge is -2.15. The zero-order valence-electron chi connectivity index (χ0n) is 10.3. The number of hydrogen-bond donors (Lipinski definition) is 1. The first-order chi connectivity index (χ1) is 8.72. The Kier molecular flexibility index (Phi) is 3.67. The van der Waals surface area contributed by atoms with Crippen molar-refractivity contribution in [3.05, 3.63) is 54.0 Å². The number of anilines is 1. The van der Waals surface area contributed by atoms with Gasteiger partial charge in [-0.1, -0.05) is 12.1 Å². The van der Waals surface area contributed by atoms with Crippen LogP contribution in [0.5, 0.6) is 0 Å². The van der Waals surface area contributed by atoms with Gasteiger partial charge in [0.05, 0.1) is 25.0 Å². The zero-order chi connectivity index (χ0) is 13.0. The highest BCUT2D eigenvalue weighted by atomic mass is 16.5. The van der Waals surface area contributed by atoms with Crippen molar-refractivity contribution in [2.45, 2.75) is 13.0 Å². The molecule has 2 rings (SSSR count). The standard InChI is InChI=1S/C14H15NO3/c1-10(13-8-5-9-18-13)15-12-7-4-3-6-11(12)14(16)17-2/h3-10,15H,1-2H3. The summed E-state index contributed by atoms with van der Waals surface area (Å²) >= 11 is 0. The third kappa shape index (κ3) is 2.53. The molecule has 1 aromatic heterocycles. The molecule has 1 atom stereocenters. The van der Waals surface area contributed by atoms with Crippen molar-refractivity contribution < 1.29 is 13.9 Å². The quantitative estimate of drug-likeness (QED) is 0.840. The van der Waals surface area contributed by atoms with Crippen molar-refractivity contribution in [3.8, 4) is 0 Å². The fourth-order valence-electron chi connectivity index (χ4n) is 1.74. The molecule has 0 amide bonds. The predicted molar refractivity (Wildman–Crippen MR) is 68.5 cm³/mol. The van der Waals surface area contributed by atoms with E-state index in [4.69, 9.17) is 9.15 Å². The molecule has 18 heavy (non-hydrogen) atoms. The second-order valence-electron chi connectivity index (χ2n) is 3.92. The van der Waals surface area contributed by atoms with Gasteiger partial charge in [-0.25, -0.2) is 4.79 Å². The minimum atomic E-state index is -0.357. The number of carbonyl (C=O) groups is 1. The van der Waals surface area contributed by atoms with E-state index in [1.54, 1.807) is 18.4 Å². The van der Waals surface area contributed by atoms with Crippen LogP contribution in [0.1, 0.15) is 29.1 Å². The van der Waals surface area contributed by atoms with Crippen LogP contribution in [0.3, 0.4) is 0 Å². The molecule has 0 fully saturated rings. The largest absolute Gasteiger partial charge is 0.467 e. The zero-order valence-corrected chi connectivity index (χ0v) is 10.3. The number of furan rings is 1. The second kappa shape index (κ2) is 5.40. The van der Waals surface area contributed by atoms with Gasteiger partial charge < -0.3 is 14.5 Å². The van der Waals surface area contributed by atoms with Crippen LogP contribution in [0.2, 0.25) is 0 Å². The number of carbonyl (C=O) groups excluding carboxylic acids is 1. The van der Waals surface area contributed by atoms with Gasteiger partial charge >= 0.3 is 5.97 Å². The number of rotatable bonds is 4.